The Morgan fingerprint density at radius 3 is 2.94 bits per heavy atom. The van der Waals surface area contributed by atoms with Gasteiger partial charge in [0.2, 0.25) is 0 Å². The number of aromatic nitrogens is 1. The Balaban J connectivity index is 2.48. The van der Waals surface area contributed by atoms with Crippen molar-refractivity contribution in [1.29, 1.82) is 0 Å². The molecule has 0 aliphatic rings. The van der Waals surface area contributed by atoms with E-state index in [-0.39, 0.29) is 12.4 Å². The lowest BCUT2D eigenvalue weighted by atomic mass is 10.1. The van der Waals surface area contributed by atoms with E-state index in [2.05, 4.69) is 0 Å². The van der Waals surface area contributed by atoms with Gasteiger partial charge in [-0.1, -0.05) is 0 Å². The Labute approximate surface area is 104 Å². The van der Waals surface area contributed by atoms with Crippen LogP contribution in [0.1, 0.15) is 18.6 Å². The maximum atomic E-state index is 13.1. The normalized spacial score (nSPS) is 12.7. The SMILES string of the molecule is CCOC(=O)C(O)c1cn(C)c2cc(F)ccc12. The van der Waals surface area contributed by atoms with Crippen LogP contribution in [0.25, 0.3) is 10.9 Å². The number of ether oxygens (including phenoxy) is 1. The van der Waals surface area contributed by atoms with Gasteiger partial charge in [0.1, 0.15) is 5.82 Å². The van der Waals surface area contributed by atoms with E-state index in [0.29, 0.717) is 16.5 Å². The Hall–Kier alpha value is -1.88. The zero-order valence-electron chi connectivity index (χ0n) is 10.2. The van der Waals surface area contributed by atoms with Crippen LogP contribution >= 0.6 is 0 Å². The maximum Gasteiger partial charge on any atom is 0.339 e. The minimum Gasteiger partial charge on any atom is -0.464 e. The summed E-state index contributed by atoms with van der Waals surface area (Å²) in [6.45, 7) is 1.87. The van der Waals surface area contributed by atoms with Crippen LogP contribution < -0.4 is 0 Å². The average molecular weight is 251 g/mol. The van der Waals surface area contributed by atoms with Crippen LogP contribution in [-0.2, 0) is 16.6 Å². The quantitative estimate of drug-likeness (QED) is 0.848. The van der Waals surface area contributed by atoms with Crippen LogP contribution in [0.15, 0.2) is 24.4 Å². The zero-order valence-corrected chi connectivity index (χ0v) is 10.2. The summed E-state index contributed by atoms with van der Waals surface area (Å²) in [5.41, 5.74) is 1.04. The van der Waals surface area contributed by atoms with Gasteiger partial charge in [-0.05, 0) is 25.1 Å². The molecule has 1 atom stereocenters. The van der Waals surface area contributed by atoms with Crippen molar-refractivity contribution in [3.63, 3.8) is 0 Å². The number of aliphatic hydroxyl groups excluding tert-OH is 1. The molecule has 1 heterocycles. The second-order valence-corrected chi connectivity index (χ2v) is 4.01. The van der Waals surface area contributed by atoms with Crippen LogP contribution in [0.2, 0.25) is 0 Å². The fourth-order valence-electron chi connectivity index (χ4n) is 1.95. The highest BCUT2D eigenvalue weighted by molar-refractivity contribution is 5.89. The minimum atomic E-state index is -1.35. The van der Waals surface area contributed by atoms with Crippen molar-refractivity contribution in [2.75, 3.05) is 6.61 Å². The largest absolute Gasteiger partial charge is 0.464 e. The van der Waals surface area contributed by atoms with Gasteiger partial charge >= 0.3 is 5.97 Å². The summed E-state index contributed by atoms with van der Waals surface area (Å²) in [5, 5.41) is 10.6. The van der Waals surface area contributed by atoms with Gasteiger partial charge in [0, 0.05) is 24.2 Å². The molecule has 0 aliphatic heterocycles. The summed E-state index contributed by atoms with van der Waals surface area (Å²) < 4.78 is 19.6. The molecule has 2 rings (SSSR count). The van der Waals surface area contributed by atoms with Crippen molar-refractivity contribution >= 4 is 16.9 Å². The summed E-state index contributed by atoms with van der Waals surface area (Å²) in [5.74, 6) is -1.06. The van der Waals surface area contributed by atoms with Crippen molar-refractivity contribution in [1.82, 2.24) is 4.57 Å². The Morgan fingerprint density at radius 1 is 1.56 bits per heavy atom. The first-order valence-electron chi connectivity index (χ1n) is 5.63. The van der Waals surface area contributed by atoms with Crippen molar-refractivity contribution < 1.29 is 19.0 Å². The second kappa shape index (κ2) is 4.78. The number of carbonyl (C=O) groups is 1. The Kier molecular flexibility index (Phi) is 3.34. The topological polar surface area (TPSA) is 51.5 Å². The number of carbonyl (C=O) groups excluding carboxylic acids is 1. The molecule has 1 aromatic heterocycles. The fraction of sp³-hybridized carbons (Fsp3) is 0.308. The smallest absolute Gasteiger partial charge is 0.339 e. The predicted octanol–water partition coefficient (Wildman–Crippen LogP) is 1.91. The molecule has 1 N–H and O–H groups in total. The van der Waals surface area contributed by atoms with E-state index in [0.717, 1.165) is 0 Å². The Morgan fingerprint density at radius 2 is 2.28 bits per heavy atom. The van der Waals surface area contributed by atoms with Gasteiger partial charge in [-0.25, -0.2) is 9.18 Å². The van der Waals surface area contributed by atoms with E-state index in [1.165, 1.54) is 12.1 Å². The monoisotopic (exact) mass is 251 g/mol. The number of nitrogens with zero attached hydrogens (tertiary/aromatic N) is 1. The molecule has 96 valence electrons. The molecule has 0 radical (unpaired) electrons. The van der Waals surface area contributed by atoms with Crippen LogP contribution in [0.3, 0.4) is 0 Å². The molecule has 1 aromatic carbocycles. The van der Waals surface area contributed by atoms with Crippen LogP contribution in [0.4, 0.5) is 4.39 Å². The number of esters is 1. The standard InChI is InChI=1S/C13H14FNO3/c1-3-18-13(17)12(16)10-7-15(2)11-6-8(14)4-5-9(10)11/h4-7,12,16H,3H2,1-2H3. The lowest BCUT2D eigenvalue weighted by Crippen LogP contribution is -2.15. The van der Waals surface area contributed by atoms with E-state index >= 15 is 0 Å². The third-order valence-electron chi connectivity index (χ3n) is 2.79. The van der Waals surface area contributed by atoms with Gasteiger partial charge < -0.3 is 14.4 Å². The molecule has 18 heavy (non-hydrogen) atoms. The van der Waals surface area contributed by atoms with Crippen molar-refractivity contribution in [2.24, 2.45) is 7.05 Å². The van der Waals surface area contributed by atoms with Crippen molar-refractivity contribution in [3.05, 3.63) is 35.8 Å². The molecule has 0 spiro atoms. The fourth-order valence-corrected chi connectivity index (χ4v) is 1.95. The first kappa shape index (κ1) is 12.6. The Bertz CT molecular complexity index is 591. The zero-order chi connectivity index (χ0) is 13.3. The van der Waals surface area contributed by atoms with Crippen LogP contribution in [0.5, 0.6) is 0 Å². The number of aliphatic hydroxyl groups is 1. The number of hydrogen-bond donors (Lipinski definition) is 1. The highest BCUT2D eigenvalue weighted by atomic mass is 19.1. The van der Waals surface area contributed by atoms with Gasteiger partial charge in [-0.3, -0.25) is 0 Å². The molecule has 0 amide bonds. The highest BCUT2D eigenvalue weighted by Gasteiger charge is 2.22. The predicted molar refractivity (Wildman–Crippen MR) is 64.5 cm³/mol. The number of halogens is 1. The lowest BCUT2D eigenvalue weighted by Gasteiger charge is -2.08. The molecule has 0 bridgehead atoms. The van der Waals surface area contributed by atoms with Gasteiger partial charge in [-0.2, -0.15) is 0 Å². The number of benzene rings is 1. The summed E-state index contributed by atoms with van der Waals surface area (Å²) in [4.78, 5) is 11.5. The summed E-state index contributed by atoms with van der Waals surface area (Å²) in [6.07, 6.45) is 0.255. The molecular weight excluding hydrogens is 237 g/mol. The molecule has 4 nitrogen and oxygen atoms in total. The van der Waals surface area contributed by atoms with E-state index in [9.17, 15) is 14.3 Å². The van der Waals surface area contributed by atoms with E-state index < -0.39 is 12.1 Å². The molecule has 0 aliphatic carbocycles. The lowest BCUT2D eigenvalue weighted by molar-refractivity contribution is -0.153. The minimum absolute atomic E-state index is 0.204. The van der Waals surface area contributed by atoms with E-state index in [1.807, 2.05) is 0 Å². The maximum absolute atomic E-state index is 13.1. The van der Waals surface area contributed by atoms with E-state index in [1.54, 1.807) is 30.8 Å². The van der Waals surface area contributed by atoms with Crippen LogP contribution in [-0.4, -0.2) is 22.2 Å². The molecule has 2 aromatic rings. The summed E-state index contributed by atoms with van der Waals surface area (Å²) >= 11 is 0. The first-order chi connectivity index (χ1) is 8.54. The molecule has 0 saturated carbocycles. The van der Waals surface area contributed by atoms with Crippen molar-refractivity contribution in [3.8, 4) is 0 Å². The third-order valence-corrected chi connectivity index (χ3v) is 2.79. The van der Waals surface area contributed by atoms with E-state index in [4.69, 9.17) is 4.74 Å². The molecule has 0 fully saturated rings. The number of fused-ring (bicyclic) bond motifs is 1. The number of aryl methyl sites for hydroxylation is 1. The highest BCUT2D eigenvalue weighted by Crippen LogP contribution is 2.27. The number of hydrogen-bond acceptors (Lipinski definition) is 3. The number of rotatable bonds is 3. The summed E-state index contributed by atoms with van der Waals surface area (Å²) in [7, 11) is 1.73. The van der Waals surface area contributed by atoms with Crippen LogP contribution in [0, 0.1) is 5.82 Å². The summed E-state index contributed by atoms with van der Waals surface area (Å²) in [6, 6.07) is 4.20. The first-order valence-corrected chi connectivity index (χ1v) is 5.63. The molecule has 0 saturated heterocycles. The van der Waals surface area contributed by atoms with Gasteiger partial charge in [-0.15, -0.1) is 0 Å². The third kappa shape index (κ3) is 2.09. The molecule has 1 unspecified atom stereocenters. The average Bonchev–Trinajstić information content (AvgIpc) is 2.66. The molecule has 5 heteroatoms. The van der Waals surface area contributed by atoms with Gasteiger partial charge in [0.05, 0.1) is 12.1 Å². The van der Waals surface area contributed by atoms with Gasteiger partial charge in [0.15, 0.2) is 6.10 Å². The molecular formula is C13H14FNO3. The van der Waals surface area contributed by atoms with Crippen molar-refractivity contribution in [2.45, 2.75) is 13.0 Å². The van der Waals surface area contributed by atoms with Gasteiger partial charge in [0.25, 0.3) is 0 Å². The second-order valence-electron chi connectivity index (χ2n) is 4.01.